The van der Waals surface area contributed by atoms with Crippen LogP contribution in [0.4, 0.5) is 23.0 Å². The Hall–Kier alpha value is -2.41. The van der Waals surface area contributed by atoms with Gasteiger partial charge in [0.2, 0.25) is 11.6 Å². The summed E-state index contributed by atoms with van der Waals surface area (Å²) >= 11 is 5.93. The fourth-order valence-corrected chi connectivity index (χ4v) is 2.28. The summed E-state index contributed by atoms with van der Waals surface area (Å²) in [5, 5.41) is 18.0. The first-order valence-electron chi connectivity index (χ1n) is 7.29. The summed E-state index contributed by atoms with van der Waals surface area (Å²) in [5.74, 6) is 0.363. The molecule has 23 heavy (non-hydrogen) atoms. The highest BCUT2D eigenvalue weighted by molar-refractivity contribution is 6.30. The van der Waals surface area contributed by atoms with E-state index in [4.69, 9.17) is 11.6 Å². The number of hydrogen-bond donors (Lipinski definition) is 2. The molecule has 0 unspecified atom stereocenters. The molecule has 0 atom stereocenters. The van der Waals surface area contributed by atoms with Gasteiger partial charge in [-0.1, -0.05) is 24.9 Å². The van der Waals surface area contributed by atoms with E-state index in [-0.39, 0.29) is 17.3 Å². The number of aromatic nitrogens is 2. The Morgan fingerprint density at radius 2 is 2.04 bits per heavy atom. The molecule has 0 aliphatic rings. The van der Waals surface area contributed by atoms with Crippen LogP contribution in [0.1, 0.15) is 25.3 Å². The van der Waals surface area contributed by atoms with E-state index >= 15 is 0 Å². The molecule has 8 heteroatoms. The summed E-state index contributed by atoms with van der Waals surface area (Å²) in [6.07, 6.45) is 3.19. The van der Waals surface area contributed by atoms with Crippen molar-refractivity contribution in [1.29, 1.82) is 0 Å². The Morgan fingerprint density at radius 3 is 2.70 bits per heavy atom. The number of rotatable bonds is 7. The summed E-state index contributed by atoms with van der Waals surface area (Å²) < 4.78 is 0. The average Bonchev–Trinajstić information content (AvgIpc) is 2.50. The minimum Gasteiger partial charge on any atom is -0.364 e. The van der Waals surface area contributed by atoms with Crippen LogP contribution in [0, 0.1) is 17.0 Å². The Kier molecular flexibility index (Phi) is 5.70. The van der Waals surface area contributed by atoms with Gasteiger partial charge >= 0.3 is 5.69 Å². The van der Waals surface area contributed by atoms with Crippen LogP contribution in [-0.2, 0) is 0 Å². The molecule has 0 bridgehead atoms. The third-order valence-corrected chi connectivity index (χ3v) is 3.50. The van der Waals surface area contributed by atoms with E-state index in [2.05, 4.69) is 20.6 Å². The van der Waals surface area contributed by atoms with Crippen molar-refractivity contribution in [2.24, 2.45) is 0 Å². The molecule has 0 aliphatic heterocycles. The van der Waals surface area contributed by atoms with Crippen molar-refractivity contribution in [3.8, 4) is 0 Å². The molecule has 0 spiro atoms. The number of halogens is 1. The van der Waals surface area contributed by atoms with Gasteiger partial charge in [0.15, 0.2) is 0 Å². The first-order valence-corrected chi connectivity index (χ1v) is 7.67. The second kappa shape index (κ2) is 7.73. The van der Waals surface area contributed by atoms with Crippen LogP contribution in [0.15, 0.2) is 24.5 Å². The maximum atomic E-state index is 11.4. The van der Waals surface area contributed by atoms with Gasteiger partial charge < -0.3 is 10.6 Å². The molecule has 1 aromatic carbocycles. The number of nitro groups is 1. The minimum absolute atomic E-state index is 0.148. The Labute approximate surface area is 139 Å². The van der Waals surface area contributed by atoms with Gasteiger partial charge in [0.25, 0.3) is 0 Å². The number of unbranched alkanes of at least 4 members (excludes halogenated alkanes) is 1. The molecule has 1 aromatic heterocycles. The summed E-state index contributed by atoms with van der Waals surface area (Å²) in [4.78, 5) is 18.9. The zero-order chi connectivity index (χ0) is 16.8. The van der Waals surface area contributed by atoms with Crippen molar-refractivity contribution in [3.63, 3.8) is 0 Å². The molecule has 0 radical (unpaired) electrons. The van der Waals surface area contributed by atoms with Crippen molar-refractivity contribution in [2.45, 2.75) is 26.7 Å². The van der Waals surface area contributed by atoms with E-state index in [0.29, 0.717) is 17.3 Å². The van der Waals surface area contributed by atoms with Crippen LogP contribution < -0.4 is 10.6 Å². The first-order chi connectivity index (χ1) is 11.0. The van der Waals surface area contributed by atoms with E-state index in [0.717, 1.165) is 18.4 Å². The van der Waals surface area contributed by atoms with Crippen LogP contribution >= 0.6 is 11.6 Å². The largest absolute Gasteiger partial charge is 0.364 e. The van der Waals surface area contributed by atoms with Gasteiger partial charge in [-0.2, -0.15) is 0 Å². The van der Waals surface area contributed by atoms with Crippen LogP contribution in [0.5, 0.6) is 0 Å². The fourth-order valence-electron chi connectivity index (χ4n) is 2.05. The highest BCUT2D eigenvalue weighted by atomic mass is 35.5. The third-order valence-electron chi connectivity index (χ3n) is 3.27. The zero-order valence-corrected chi connectivity index (χ0v) is 13.7. The lowest BCUT2D eigenvalue weighted by Gasteiger charge is -2.11. The van der Waals surface area contributed by atoms with Crippen LogP contribution in [0.3, 0.4) is 0 Å². The predicted octanol–water partition coefficient (Wildman–Crippen LogP) is 4.30. The molecule has 2 aromatic rings. The lowest BCUT2D eigenvalue weighted by Crippen LogP contribution is -2.09. The number of nitrogens with one attached hydrogen (secondary N) is 2. The Bertz CT molecular complexity index is 708. The van der Waals surface area contributed by atoms with E-state index in [1.165, 1.54) is 6.33 Å². The van der Waals surface area contributed by atoms with Gasteiger partial charge in [0.05, 0.1) is 4.92 Å². The number of aryl methyl sites for hydroxylation is 1. The van der Waals surface area contributed by atoms with E-state index in [9.17, 15) is 10.1 Å². The molecule has 0 fully saturated rings. The van der Waals surface area contributed by atoms with Crippen LogP contribution in [0.25, 0.3) is 0 Å². The molecular weight excluding hydrogens is 318 g/mol. The average molecular weight is 336 g/mol. The number of nitrogens with zero attached hydrogens (tertiary/aromatic N) is 3. The molecule has 2 N–H and O–H groups in total. The monoisotopic (exact) mass is 335 g/mol. The molecule has 122 valence electrons. The van der Waals surface area contributed by atoms with Gasteiger partial charge in [-0.05, 0) is 37.1 Å². The van der Waals surface area contributed by atoms with Crippen LogP contribution in [-0.4, -0.2) is 21.4 Å². The van der Waals surface area contributed by atoms with Gasteiger partial charge in [0.1, 0.15) is 6.33 Å². The molecule has 0 saturated carbocycles. The smallest absolute Gasteiger partial charge is 0.353 e. The molecule has 0 saturated heterocycles. The van der Waals surface area contributed by atoms with Gasteiger partial charge in [-0.25, -0.2) is 9.97 Å². The maximum Gasteiger partial charge on any atom is 0.353 e. The van der Waals surface area contributed by atoms with Gasteiger partial charge in [-0.3, -0.25) is 10.1 Å². The standard InChI is InChI=1S/C15H18ClN5O2/c1-3-4-7-17-14-13(21(22)23)15(19-9-18-14)20-12-6-5-11(16)8-10(12)2/h5-6,8-9H,3-4,7H2,1-2H3,(H2,17,18,19,20). The highest BCUT2D eigenvalue weighted by Crippen LogP contribution is 2.32. The Balaban J connectivity index is 2.33. The highest BCUT2D eigenvalue weighted by Gasteiger charge is 2.23. The summed E-state index contributed by atoms with van der Waals surface area (Å²) in [6, 6.07) is 5.25. The van der Waals surface area contributed by atoms with Crippen molar-refractivity contribution in [3.05, 3.63) is 45.2 Å². The predicted molar refractivity (Wildman–Crippen MR) is 91.6 cm³/mol. The van der Waals surface area contributed by atoms with Crippen molar-refractivity contribution < 1.29 is 4.92 Å². The topological polar surface area (TPSA) is 93.0 Å². The minimum atomic E-state index is -0.484. The van der Waals surface area contributed by atoms with Crippen LogP contribution in [0.2, 0.25) is 5.02 Å². The first kappa shape index (κ1) is 17.0. The maximum absolute atomic E-state index is 11.4. The SMILES string of the molecule is CCCCNc1ncnc(Nc2ccc(Cl)cc2C)c1[N+](=O)[O-]. The van der Waals surface area contributed by atoms with E-state index in [1.807, 2.05) is 13.8 Å². The van der Waals surface area contributed by atoms with Crippen molar-refractivity contribution in [2.75, 3.05) is 17.2 Å². The molecule has 2 rings (SSSR count). The quantitative estimate of drug-likeness (QED) is 0.445. The lowest BCUT2D eigenvalue weighted by molar-refractivity contribution is -0.383. The normalized spacial score (nSPS) is 10.4. The summed E-state index contributed by atoms with van der Waals surface area (Å²) in [5.41, 5.74) is 1.40. The number of hydrogen-bond acceptors (Lipinski definition) is 6. The molecule has 0 aliphatic carbocycles. The fraction of sp³-hybridized carbons (Fsp3) is 0.333. The third kappa shape index (κ3) is 4.29. The van der Waals surface area contributed by atoms with E-state index < -0.39 is 4.92 Å². The molecule has 7 nitrogen and oxygen atoms in total. The molecule has 0 amide bonds. The van der Waals surface area contributed by atoms with Gasteiger partial charge in [-0.15, -0.1) is 0 Å². The summed E-state index contributed by atoms with van der Waals surface area (Å²) in [6.45, 7) is 4.53. The van der Waals surface area contributed by atoms with Crippen molar-refractivity contribution >= 4 is 34.6 Å². The molecule has 1 heterocycles. The number of anilines is 3. The van der Waals surface area contributed by atoms with Gasteiger partial charge in [0, 0.05) is 17.3 Å². The van der Waals surface area contributed by atoms with Crippen molar-refractivity contribution in [1.82, 2.24) is 9.97 Å². The zero-order valence-electron chi connectivity index (χ0n) is 13.0. The molecular formula is C15H18ClN5O2. The Morgan fingerprint density at radius 1 is 1.30 bits per heavy atom. The van der Waals surface area contributed by atoms with E-state index in [1.54, 1.807) is 18.2 Å². The second-order valence-electron chi connectivity index (χ2n) is 5.04. The lowest BCUT2D eigenvalue weighted by atomic mass is 10.2. The summed E-state index contributed by atoms with van der Waals surface area (Å²) in [7, 11) is 0. The second-order valence-corrected chi connectivity index (χ2v) is 5.48. The number of benzene rings is 1.